The first-order valence-corrected chi connectivity index (χ1v) is 6.49. The molecule has 0 aliphatic rings. The highest BCUT2D eigenvalue weighted by atomic mass is 15.1. The third-order valence-corrected chi connectivity index (χ3v) is 3.14. The molecule has 1 heterocycles. The summed E-state index contributed by atoms with van der Waals surface area (Å²) in [5.74, 6) is 1.21. The average molecular weight is 223 g/mol. The Bertz CT molecular complexity index is 280. The topological polar surface area (TPSA) is 29.9 Å². The van der Waals surface area contributed by atoms with E-state index in [0.29, 0.717) is 6.04 Å². The Balaban J connectivity index is 2.43. The Labute approximate surface area is 99.3 Å². The lowest BCUT2D eigenvalue weighted by Gasteiger charge is -2.16. The van der Waals surface area contributed by atoms with Crippen LogP contribution in [0.4, 0.5) is 0 Å². The molecule has 0 saturated heterocycles. The van der Waals surface area contributed by atoms with Gasteiger partial charge < -0.3 is 9.88 Å². The zero-order valence-corrected chi connectivity index (χ0v) is 10.9. The van der Waals surface area contributed by atoms with Gasteiger partial charge >= 0.3 is 0 Å². The quantitative estimate of drug-likeness (QED) is 0.687. The zero-order valence-electron chi connectivity index (χ0n) is 10.9. The Morgan fingerprint density at radius 3 is 2.81 bits per heavy atom. The van der Waals surface area contributed by atoms with Crippen LogP contribution >= 0.6 is 0 Å². The Morgan fingerprint density at radius 1 is 1.38 bits per heavy atom. The number of nitrogens with one attached hydrogen (secondary N) is 1. The van der Waals surface area contributed by atoms with Crippen LogP contribution < -0.4 is 5.32 Å². The summed E-state index contributed by atoms with van der Waals surface area (Å²) in [6.07, 6.45) is 10.2. The van der Waals surface area contributed by atoms with Crippen molar-refractivity contribution in [1.82, 2.24) is 14.9 Å². The summed E-state index contributed by atoms with van der Waals surface area (Å²) in [7, 11) is 2.05. The van der Waals surface area contributed by atoms with Gasteiger partial charge in [0.15, 0.2) is 0 Å². The average Bonchev–Trinajstić information content (AvgIpc) is 2.75. The summed E-state index contributed by atoms with van der Waals surface area (Å²) in [5.41, 5.74) is 0. The number of unbranched alkanes of at least 4 members (excludes halogenated alkanes) is 2. The maximum atomic E-state index is 4.43. The fraction of sp³-hybridized carbons (Fsp3) is 0.769. The van der Waals surface area contributed by atoms with Crippen molar-refractivity contribution >= 4 is 0 Å². The van der Waals surface area contributed by atoms with Crippen LogP contribution in [0.15, 0.2) is 12.4 Å². The molecule has 0 aromatic carbocycles. The fourth-order valence-corrected chi connectivity index (χ4v) is 2.03. The largest absolute Gasteiger partial charge is 0.335 e. The van der Waals surface area contributed by atoms with Gasteiger partial charge in [-0.2, -0.15) is 0 Å². The molecule has 1 rings (SSSR count). The van der Waals surface area contributed by atoms with Crippen molar-refractivity contribution in [3.05, 3.63) is 18.2 Å². The first-order valence-electron chi connectivity index (χ1n) is 6.49. The number of rotatable bonds is 8. The van der Waals surface area contributed by atoms with E-state index in [9.17, 15) is 0 Å². The van der Waals surface area contributed by atoms with Crippen LogP contribution in [0.3, 0.4) is 0 Å². The third kappa shape index (κ3) is 3.97. The first kappa shape index (κ1) is 13.2. The second-order valence-corrected chi connectivity index (χ2v) is 4.31. The summed E-state index contributed by atoms with van der Waals surface area (Å²) in [6, 6.07) is 0.569. The molecule has 1 atom stereocenters. The van der Waals surface area contributed by atoms with Crippen molar-refractivity contribution in [2.45, 2.75) is 58.5 Å². The van der Waals surface area contributed by atoms with Crippen LogP contribution in [0.5, 0.6) is 0 Å². The molecule has 0 bridgehead atoms. The molecule has 92 valence electrons. The smallest absolute Gasteiger partial charge is 0.110 e. The van der Waals surface area contributed by atoms with E-state index in [4.69, 9.17) is 0 Å². The van der Waals surface area contributed by atoms with Gasteiger partial charge in [-0.15, -0.1) is 0 Å². The van der Waals surface area contributed by atoms with Gasteiger partial charge in [-0.25, -0.2) is 4.98 Å². The summed E-state index contributed by atoms with van der Waals surface area (Å²) in [5, 5.41) is 3.40. The molecule has 3 heteroatoms. The predicted octanol–water partition coefficient (Wildman–Crippen LogP) is 2.61. The van der Waals surface area contributed by atoms with Crippen LogP contribution in [0, 0.1) is 0 Å². The Morgan fingerprint density at radius 2 is 2.19 bits per heavy atom. The van der Waals surface area contributed by atoms with E-state index < -0.39 is 0 Å². The van der Waals surface area contributed by atoms with E-state index in [0.717, 1.165) is 13.0 Å². The number of aryl methyl sites for hydroxylation is 1. The SMILES string of the molecule is CCCCCC(Cc1nccn1CC)NC. The van der Waals surface area contributed by atoms with Crippen LogP contribution in [0.1, 0.15) is 45.4 Å². The lowest BCUT2D eigenvalue weighted by molar-refractivity contribution is 0.473. The summed E-state index contributed by atoms with van der Waals surface area (Å²) in [4.78, 5) is 4.43. The van der Waals surface area contributed by atoms with Crippen molar-refractivity contribution in [1.29, 1.82) is 0 Å². The van der Waals surface area contributed by atoms with Gasteiger partial charge in [0, 0.05) is 31.4 Å². The standard InChI is InChI=1S/C13H25N3/c1-4-6-7-8-12(14-3)11-13-15-9-10-16(13)5-2/h9-10,12,14H,4-8,11H2,1-3H3. The Kier molecular flexibility index (Phi) is 6.16. The predicted molar refractivity (Wildman–Crippen MR) is 68.6 cm³/mol. The van der Waals surface area contributed by atoms with Gasteiger partial charge in [0.1, 0.15) is 5.82 Å². The normalized spacial score (nSPS) is 12.9. The van der Waals surface area contributed by atoms with Gasteiger partial charge in [0.25, 0.3) is 0 Å². The highest BCUT2D eigenvalue weighted by molar-refractivity contribution is 4.95. The van der Waals surface area contributed by atoms with Crippen molar-refractivity contribution in [3.8, 4) is 0 Å². The fourth-order valence-electron chi connectivity index (χ4n) is 2.03. The van der Waals surface area contributed by atoms with Gasteiger partial charge in [0.2, 0.25) is 0 Å². The summed E-state index contributed by atoms with van der Waals surface area (Å²) >= 11 is 0. The van der Waals surface area contributed by atoms with E-state index in [1.807, 2.05) is 6.20 Å². The maximum absolute atomic E-state index is 4.43. The second-order valence-electron chi connectivity index (χ2n) is 4.31. The minimum atomic E-state index is 0.569. The monoisotopic (exact) mass is 223 g/mol. The van der Waals surface area contributed by atoms with Gasteiger partial charge in [-0.05, 0) is 20.4 Å². The van der Waals surface area contributed by atoms with Crippen LogP contribution in [-0.2, 0) is 13.0 Å². The van der Waals surface area contributed by atoms with E-state index >= 15 is 0 Å². The van der Waals surface area contributed by atoms with Crippen molar-refractivity contribution < 1.29 is 0 Å². The van der Waals surface area contributed by atoms with Gasteiger partial charge in [-0.3, -0.25) is 0 Å². The van der Waals surface area contributed by atoms with Crippen LogP contribution in [-0.4, -0.2) is 22.6 Å². The highest BCUT2D eigenvalue weighted by Gasteiger charge is 2.10. The molecule has 0 spiro atoms. The van der Waals surface area contributed by atoms with Crippen molar-refractivity contribution in [3.63, 3.8) is 0 Å². The molecule has 16 heavy (non-hydrogen) atoms. The molecule has 0 fully saturated rings. The van der Waals surface area contributed by atoms with Crippen LogP contribution in [0.2, 0.25) is 0 Å². The third-order valence-electron chi connectivity index (χ3n) is 3.14. The van der Waals surface area contributed by atoms with Crippen molar-refractivity contribution in [2.24, 2.45) is 0 Å². The molecule has 1 aromatic rings. The molecular weight excluding hydrogens is 198 g/mol. The number of hydrogen-bond donors (Lipinski definition) is 1. The number of nitrogens with zero attached hydrogens (tertiary/aromatic N) is 2. The minimum absolute atomic E-state index is 0.569. The molecule has 0 radical (unpaired) electrons. The van der Waals surface area contributed by atoms with Crippen molar-refractivity contribution in [2.75, 3.05) is 7.05 Å². The number of imidazole rings is 1. The molecule has 1 unspecified atom stereocenters. The van der Waals surface area contributed by atoms with Crippen LogP contribution in [0.25, 0.3) is 0 Å². The van der Waals surface area contributed by atoms with E-state index in [2.05, 4.69) is 42.0 Å². The maximum Gasteiger partial charge on any atom is 0.110 e. The lowest BCUT2D eigenvalue weighted by atomic mass is 10.1. The summed E-state index contributed by atoms with van der Waals surface area (Å²) in [6.45, 7) is 5.43. The number of likely N-dealkylation sites (N-methyl/N-ethyl adjacent to an activating group) is 1. The number of aromatic nitrogens is 2. The Hall–Kier alpha value is -0.830. The molecule has 0 amide bonds. The van der Waals surface area contributed by atoms with E-state index in [-0.39, 0.29) is 0 Å². The second kappa shape index (κ2) is 7.44. The molecule has 1 N–H and O–H groups in total. The van der Waals surface area contributed by atoms with Gasteiger partial charge in [0.05, 0.1) is 0 Å². The van der Waals surface area contributed by atoms with Gasteiger partial charge in [-0.1, -0.05) is 26.2 Å². The lowest BCUT2D eigenvalue weighted by Crippen LogP contribution is -2.28. The molecule has 1 aromatic heterocycles. The molecular formula is C13H25N3. The summed E-state index contributed by atoms with van der Waals surface area (Å²) < 4.78 is 2.23. The molecule has 0 aliphatic carbocycles. The molecule has 0 aliphatic heterocycles. The van der Waals surface area contributed by atoms with E-state index in [1.54, 1.807) is 0 Å². The molecule has 0 saturated carbocycles. The first-order chi connectivity index (χ1) is 7.81. The van der Waals surface area contributed by atoms with E-state index in [1.165, 1.54) is 31.5 Å². The highest BCUT2D eigenvalue weighted by Crippen LogP contribution is 2.08. The molecule has 3 nitrogen and oxygen atoms in total. The zero-order chi connectivity index (χ0) is 11.8. The number of hydrogen-bond acceptors (Lipinski definition) is 2. The minimum Gasteiger partial charge on any atom is -0.335 e.